The Labute approximate surface area is 117 Å². The van der Waals surface area contributed by atoms with Crippen LogP contribution in [0, 0.1) is 16.0 Å². The smallest absolute Gasteiger partial charge is 0.271 e. The molecule has 0 saturated heterocycles. The third-order valence-electron chi connectivity index (χ3n) is 3.62. The van der Waals surface area contributed by atoms with Gasteiger partial charge < -0.3 is 10.1 Å². The number of nitro benzene ring substituents is 1. The fourth-order valence-electron chi connectivity index (χ4n) is 2.59. The van der Waals surface area contributed by atoms with E-state index in [0.717, 1.165) is 12.8 Å². The maximum absolute atomic E-state index is 12.0. The Morgan fingerprint density at radius 3 is 2.75 bits per heavy atom. The van der Waals surface area contributed by atoms with E-state index >= 15 is 0 Å². The van der Waals surface area contributed by atoms with Crippen molar-refractivity contribution in [1.82, 2.24) is 0 Å². The van der Waals surface area contributed by atoms with Gasteiger partial charge in [0.2, 0.25) is 5.91 Å². The molecule has 0 bridgehead atoms. The minimum Gasteiger partial charge on any atom is -0.495 e. The SMILES string of the molecule is COc1ccc([N+](=O)[O-])cc1NC(=O)CC1CCCC1. The van der Waals surface area contributed by atoms with Crippen molar-refractivity contribution in [3.8, 4) is 5.75 Å². The monoisotopic (exact) mass is 278 g/mol. The van der Waals surface area contributed by atoms with Gasteiger partial charge >= 0.3 is 0 Å². The highest BCUT2D eigenvalue weighted by molar-refractivity contribution is 5.92. The van der Waals surface area contributed by atoms with E-state index in [1.807, 2.05) is 0 Å². The molecule has 0 heterocycles. The number of hydrogen-bond donors (Lipinski definition) is 1. The van der Waals surface area contributed by atoms with Gasteiger partial charge in [0.05, 0.1) is 17.7 Å². The summed E-state index contributed by atoms with van der Waals surface area (Å²) in [5.74, 6) is 0.741. The Hall–Kier alpha value is -2.11. The molecule has 0 aliphatic heterocycles. The number of amides is 1. The molecule has 1 aromatic rings. The van der Waals surface area contributed by atoms with Crippen molar-refractivity contribution < 1.29 is 14.5 Å². The number of hydrogen-bond acceptors (Lipinski definition) is 4. The molecule has 1 N–H and O–H groups in total. The van der Waals surface area contributed by atoms with E-state index in [1.54, 1.807) is 0 Å². The lowest BCUT2D eigenvalue weighted by Crippen LogP contribution is -2.15. The number of nitrogens with zero attached hydrogens (tertiary/aromatic N) is 1. The van der Waals surface area contributed by atoms with Crippen molar-refractivity contribution in [2.75, 3.05) is 12.4 Å². The lowest BCUT2D eigenvalue weighted by atomic mass is 10.0. The van der Waals surface area contributed by atoms with Gasteiger partial charge in [-0.1, -0.05) is 12.8 Å². The second-order valence-electron chi connectivity index (χ2n) is 5.04. The van der Waals surface area contributed by atoms with Crippen molar-refractivity contribution in [3.63, 3.8) is 0 Å². The Bertz CT molecular complexity index is 510. The summed E-state index contributed by atoms with van der Waals surface area (Å²) in [4.78, 5) is 22.3. The van der Waals surface area contributed by atoms with E-state index in [0.29, 0.717) is 23.8 Å². The largest absolute Gasteiger partial charge is 0.495 e. The second-order valence-corrected chi connectivity index (χ2v) is 5.04. The fourth-order valence-corrected chi connectivity index (χ4v) is 2.59. The zero-order valence-electron chi connectivity index (χ0n) is 11.4. The molecule has 6 nitrogen and oxygen atoms in total. The van der Waals surface area contributed by atoms with Gasteiger partial charge in [-0.15, -0.1) is 0 Å². The first-order valence-electron chi connectivity index (χ1n) is 6.72. The summed E-state index contributed by atoms with van der Waals surface area (Å²) in [6.45, 7) is 0. The van der Waals surface area contributed by atoms with Crippen molar-refractivity contribution in [1.29, 1.82) is 0 Å². The molecule has 1 saturated carbocycles. The number of benzene rings is 1. The van der Waals surface area contributed by atoms with Crippen molar-refractivity contribution in [2.24, 2.45) is 5.92 Å². The first-order valence-corrected chi connectivity index (χ1v) is 6.72. The first kappa shape index (κ1) is 14.3. The summed E-state index contributed by atoms with van der Waals surface area (Å²) in [5, 5.41) is 13.5. The van der Waals surface area contributed by atoms with E-state index in [9.17, 15) is 14.9 Å². The maximum Gasteiger partial charge on any atom is 0.271 e. The predicted molar refractivity (Wildman–Crippen MR) is 74.9 cm³/mol. The number of methoxy groups -OCH3 is 1. The summed E-state index contributed by atoms with van der Waals surface area (Å²) in [7, 11) is 1.47. The minimum atomic E-state index is -0.494. The van der Waals surface area contributed by atoms with E-state index in [1.165, 1.54) is 38.2 Å². The van der Waals surface area contributed by atoms with Crippen molar-refractivity contribution in [3.05, 3.63) is 28.3 Å². The van der Waals surface area contributed by atoms with Gasteiger partial charge in [-0.05, 0) is 24.8 Å². The summed E-state index contributed by atoms with van der Waals surface area (Å²) in [6.07, 6.45) is 4.99. The Kier molecular flexibility index (Phi) is 4.55. The molecule has 1 aliphatic carbocycles. The van der Waals surface area contributed by atoms with Crippen LogP contribution in [-0.2, 0) is 4.79 Å². The zero-order valence-corrected chi connectivity index (χ0v) is 11.4. The Balaban J connectivity index is 2.07. The lowest BCUT2D eigenvalue weighted by molar-refractivity contribution is -0.384. The van der Waals surface area contributed by atoms with Crippen LogP contribution in [0.15, 0.2) is 18.2 Å². The molecule has 0 atom stereocenters. The molecule has 1 fully saturated rings. The highest BCUT2D eigenvalue weighted by Crippen LogP contribution is 2.31. The maximum atomic E-state index is 12.0. The van der Waals surface area contributed by atoms with Gasteiger partial charge in [-0.25, -0.2) is 0 Å². The minimum absolute atomic E-state index is 0.0676. The van der Waals surface area contributed by atoms with Crippen LogP contribution in [-0.4, -0.2) is 17.9 Å². The van der Waals surface area contributed by atoms with Gasteiger partial charge in [-0.3, -0.25) is 14.9 Å². The van der Waals surface area contributed by atoms with Crippen LogP contribution in [0.5, 0.6) is 5.75 Å². The molecule has 6 heteroatoms. The fraction of sp³-hybridized carbons (Fsp3) is 0.500. The number of carbonyl (C=O) groups excluding carboxylic acids is 1. The number of carbonyl (C=O) groups is 1. The van der Waals surface area contributed by atoms with Crippen molar-refractivity contribution >= 4 is 17.3 Å². The molecule has 20 heavy (non-hydrogen) atoms. The summed E-state index contributed by atoms with van der Waals surface area (Å²) >= 11 is 0. The third-order valence-corrected chi connectivity index (χ3v) is 3.62. The predicted octanol–water partition coefficient (Wildman–Crippen LogP) is 3.12. The van der Waals surface area contributed by atoms with Crippen LogP contribution >= 0.6 is 0 Å². The number of rotatable bonds is 5. The number of anilines is 1. The van der Waals surface area contributed by atoms with Gasteiger partial charge in [0.15, 0.2) is 0 Å². The van der Waals surface area contributed by atoms with E-state index in [4.69, 9.17) is 4.74 Å². The Morgan fingerprint density at radius 1 is 1.45 bits per heavy atom. The molecule has 0 spiro atoms. The molecular weight excluding hydrogens is 260 g/mol. The molecule has 0 unspecified atom stereocenters. The highest BCUT2D eigenvalue weighted by atomic mass is 16.6. The van der Waals surface area contributed by atoms with Crippen LogP contribution < -0.4 is 10.1 Å². The lowest BCUT2D eigenvalue weighted by Gasteiger charge is -2.12. The van der Waals surface area contributed by atoms with Crippen LogP contribution in [0.2, 0.25) is 0 Å². The molecule has 1 aliphatic rings. The Morgan fingerprint density at radius 2 is 2.15 bits per heavy atom. The van der Waals surface area contributed by atoms with Crippen LogP contribution in [0.25, 0.3) is 0 Å². The molecule has 2 rings (SSSR count). The molecule has 0 aromatic heterocycles. The van der Waals surface area contributed by atoms with Gasteiger partial charge in [0.1, 0.15) is 5.75 Å². The number of nitrogens with one attached hydrogen (secondary N) is 1. The van der Waals surface area contributed by atoms with Gasteiger partial charge in [0, 0.05) is 18.6 Å². The highest BCUT2D eigenvalue weighted by Gasteiger charge is 2.20. The van der Waals surface area contributed by atoms with Crippen LogP contribution in [0.4, 0.5) is 11.4 Å². The molecule has 0 radical (unpaired) electrons. The summed E-state index contributed by atoms with van der Waals surface area (Å²) in [5.41, 5.74) is 0.284. The number of nitro groups is 1. The van der Waals surface area contributed by atoms with E-state index < -0.39 is 4.92 Å². The van der Waals surface area contributed by atoms with E-state index in [2.05, 4.69) is 5.32 Å². The standard InChI is InChI=1S/C14H18N2O4/c1-20-13-7-6-11(16(18)19)9-12(13)15-14(17)8-10-4-2-3-5-10/h6-7,9-10H,2-5,8H2,1H3,(H,15,17). The summed E-state index contributed by atoms with van der Waals surface area (Å²) < 4.78 is 5.11. The molecular formula is C14H18N2O4. The quantitative estimate of drug-likeness (QED) is 0.662. The van der Waals surface area contributed by atoms with Gasteiger partial charge in [0.25, 0.3) is 5.69 Å². The second kappa shape index (κ2) is 6.36. The number of ether oxygens (including phenoxy) is 1. The molecule has 1 amide bonds. The van der Waals surface area contributed by atoms with Crippen molar-refractivity contribution in [2.45, 2.75) is 32.1 Å². The van der Waals surface area contributed by atoms with E-state index in [-0.39, 0.29) is 11.6 Å². The van der Waals surface area contributed by atoms with Crippen LogP contribution in [0.1, 0.15) is 32.1 Å². The average Bonchev–Trinajstić information content (AvgIpc) is 2.91. The number of non-ortho nitro benzene ring substituents is 1. The molecule has 1 aromatic carbocycles. The van der Waals surface area contributed by atoms with Gasteiger partial charge in [-0.2, -0.15) is 0 Å². The third kappa shape index (κ3) is 3.46. The molecule has 108 valence electrons. The normalized spacial score (nSPS) is 15.1. The topological polar surface area (TPSA) is 81.5 Å². The first-order chi connectivity index (χ1) is 9.60. The summed E-state index contributed by atoms with van der Waals surface area (Å²) in [6, 6.07) is 4.17. The zero-order chi connectivity index (χ0) is 14.5. The average molecular weight is 278 g/mol. The van der Waals surface area contributed by atoms with Crippen LogP contribution in [0.3, 0.4) is 0 Å².